The molecule has 2 aromatic rings. The Hall–Kier alpha value is -1.85. The summed E-state index contributed by atoms with van der Waals surface area (Å²) in [6.45, 7) is 0. The van der Waals surface area contributed by atoms with E-state index in [2.05, 4.69) is 26.0 Å². The minimum absolute atomic E-state index is 0.277. The first-order valence-electron chi connectivity index (χ1n) is 5.97. The maximum atomic E-state index is 12.3. The van der Waals surface area contributed by atoms with E-state index in [4.69, 9.17) is 11.6 Å². The quantitative estimate of drug-likeness (QED) is 0.828. The van der Waals surface area contributed by atoms with Gasteiger partial charge in [0, 0.05) is 4.47 Å². The van der Waals surface area contributed by atoms with E-state index in [1.807, 2.05) is 0 Å². The average Bonchev–Trinajstić information content (AvgIpc) is 2.49. The van der Waals surface area contributed by atoms with Gasteiger partial charge in [0.2, 0.25) is 0 Å². The number of nitrogens with one attached hydrogen (secondary N) is 1. The number of halogens is 2. The highest BCUT2D eigenvalue weighted by Gasteiger charge is 2.16. The Morgan fingerprint density at radius 2 is 1.76 bits per heavy atom. The van der Waals surface area contributed by atoms with E-state index < -0.39 is 11.9 Å². The highest BCUT2D eigenvalue weighted by Crippen LogP contribution is 2.27. The minimum Gasteiger partial charge on any atom is -0.465 e. The summed E-state index contributed by atoms with van der Waals surface area (Å²) in [4.78, 5) is 23.9. The van der Waals surface area contributed by atoms with E-state index in [-0.39, 0.29) is 5.56 Å². The van der Waals surface area contributed by atoms with Gasteiger partial charge in [-0.25, -0.2) is 4.79 Å². The SMILES string of the molecule is COC(=O)c1ccccc1NC(=O)c1cccc(Br)c1Cl. The summed E-state index contributed by atoms with van der Waals surface area (Å²) < 4.78 is 5.31. The Balaban J connectivity index is 2.32. The van der Waals surface area contributed by atoms with Crippen molar-refractivity contribution < 1.29 is 14.3 Å². The molecule has 0 radical (unpaired) electrons. The van der Waals surface area contributed by atoms with Gasteiger partial charge >= 0.3 is 5.97 Å². The normalized spacial score (nSPS) is 10.0. The summed E-state index contributed by atoms with van der Waals surface area (Å²) in [5.41, 5.74) is 0.954. The van der Waals surface area contributed by atoms with Gasteiger partial charge in [0.25, 0.3) is 5.91 Å². The third-order valence-corrected chi connectivity index (χ3v) is 4.07. The Morgan fingerprint density at radius 3 is 2.48 bits per heavy atom. The van der Waals surface area contributed by atoms with Crippen LogP contribution in [0.2, 0.25) is 5.02 Å². The van der Waals surface area contributed by atoms with Crippen molar-refractivity contribution in [3.63, 3.8) is 0 Å². The van der Waals surface area contributed by atoms with Gasteiger partial charge in [-0.1, -0.05) is 29.8 Å². The Kier molecular flexibility index (Phi) is 4.98. The molecule has 0 spiro atoms. The number of amides is 1. The third-order valence-electron chi connectivity index (χ3n) is 2.78. The van der Waals surface area contributed by atoms with Crippen LogP contribution in [0.25, 0.3) is 0 Å². The molecule has 0 heterocycles. The monoisotopic (exact) mass is 367 g/mol. The van der Waals surface area contributed by atoms with Gasteiger partial charge in [-0.05, 0) is 40.2 Å². The van der Waals surface area contributed by atoms with Crippen LogP contribution in [0.15, 0.2) is 46.9 Å². The molecule has 0 aromatic heterocycles. The predicted molar refractivity (Wildman–Crippen MR) is 84.9 cm³/mol. The van der Waals surface area contributed by atoms with Gasteiger partial charge in [0.1, 0.15) is 0 Å². The molecule has 0 saturated carbocycles. The van der Waals surface area contributed by atoms with Crippen molar-refractivity contribution in [3.05, 3.63) is 63.1 Å². The van der Waals surface area contributed by atoms with Gasteiger partial charge < -0.3 is 10.1 Å². The summed E-state index contributed by atoms with van der Waals surface area (Å²) in [6, 6.07) is 11.6. The highest BCUT2D eigenvalue weighted by atomic mass is 79.9. The lowest BCUT2D eigenvalue weighted by molar-refractivity contribution is 0.0602. The van der Waals surface area contributed by atoms with Crippen molar-refractivity contribution in [2.75, 3.05) is 12.4 Å². The molecular weight excluding hydrogens is 358 g/mol. The molecule has 108 valence electrons. The van der Waals surface area contributed by atoms with Crippen LogP contribution in [0.3, 0.4) is 0 Å². The first kappa shape index (κ1) is 15.5. The molecule has 21 heavy (non-hydrogen) atoms. The zero-order valence-corrected chi connectivity index (χ0v) is 13.4. The van der Waals surface area contributed by atoms with Gasteiger partial charge in [0.05, 0.1) is 28.9 Å². The van der Waals surface area contributed by atoms with Gasteiger partial charge in [0.15, 0.2) is 0 Å². The zero-order valence-electron chi connectivity index (χ0n) is 11.0. The smallest absolute Gasteiger partial charge is 0.339 e. The molecule has 0 saturated heterocycles. The van der Waals surface area contributed by atoms with E-state index >= 15 is 0 Å². The van der Waals surface area contributed by atoms with Crippen LogP contribution in [0.4, 0.5) is 5.69 Å². The van der Waals surface area contributed by atoms with E-state index in [0.717, 1.165) is 0 Å². The number of benzene rings is 2. The lowest BCUT2D eigenvalue weighted by atomic mass is 10.1. The van der Waals surface area contributed by atoms with Crippen LogP contribution in [-0.4, -0.2) is 19.0 Å². The largest absolute Gasteiger partial charge is 0.465 e. The number of methoxy groups -OCH3 is 1. The lowest BCUT2D eigenvalue weighted by Crippen LogP contribution is -2.15. The topological polar surface area (TPSA) is 55.4 Å². The van der Waals surface area contributed by atoms with Gasteiger partial charge in [-0.2, -0.15) is 0 Å². The highest BCUT2D eigenvalue weighted by molar-refractivity contribution is 9.10. The first-order chi connectivity index (χ1) is 10.0. The molecule has 0 bridgehead atoms. The summed E-state index contributed by atoms with van der Waals surface area (Å²) in [7, 11) is 1.28. The number of para-hydroxylation sites is 1. The van der Waals surface area contributed by atoms with Gasteiger partial charge in [-0.15, -0.1) is 0 Å². The molecule has 0 aliphatic heterocycles. The fraction of sp³-hybridized carbons (Fsp3) is 0.0667. The number of carbonyl (C=O) groups is 2. The zero-order chi connectivity index (χ0) is 15.4. The summed E-state index contributed by atoms with van der Waals surface area (Å²) in [5.74, 6) is -0.927. The molecule has 0 aliphatic rings. The molecular formula is C15H11BrClNO3. The Morgan fingerprint density at radius 1 is 1.10 bits per heavy atom. The fourth-order valence-corrected chi connectivity index (χ4v) is 2.33. The average molecular weight is 369 g/mol. The maximum absolute atomic E-state index is 12.3. The van der Waals surface area contributed by atoms with Crippen molar-refractivity contribution in [1.82, 2.24) is 0 Å². The second-order valence-corrected chi connectivity index (χ2v) is 5.32. The van der Waals surface area contributed by atoms with E-state index in [9.17, 15) is 9.59 Å². The second kappa shape index (κ2) is 6.74. The number of esters is 1. The first-order valence-corrected chi connectivity index (χ1v) is 7.14. The summed E-state index contributed by atoms with van der Waals surface area (Å²) in [5, 5.41) is 2.98. The number of hydrogen-bond acceptors (Lipinski definition) is 3. The summed E-state index contributed by atoms with van der Waals surface area (Å²) >= 11 is 9.35. The van der Waals surface area contributed by atoms with E-state index in [1.54, 1.807) is 42.5 Å². The van der Waals surface area contributed by atoms with Crippen LogP contribution in [0.1, 0.15) is 20.7 Å². The van der Waals surface area contributed by atoms with Crippen LogP contribution < -0.4 is 5.32 Å². The number of rotatable bonds is 3. The standard InChI is InChI=1S/C15H11BrClNO3/c1-21-15(20)9-5-2-3-8-12(9)18-14(19)10-6-4-7-11(16)13(10)17/h2-8H,1H3,(H,18,19). The second-order valence-electron chi connectivity index (χ2n) is 4.09. The van der Waals surface area contributed by atoms with Crippen LogP contribution in [0.5, 0.6) is 0 Å². The fourth-order valence-electron chi connectivity index (χ4n) is 1.75. The van der Waals surface area contributed by atoms with Crippen molar-refractivity contribution in [2.45, 2.75) is 0 Å². The van der Waals surface area contributed by atoms with Crippen molar-refractivity contribution in [3.8, 4) is 0 Å². The number of hydrogen-bond donors (Lipinski definition) is 1. The Bertz CT molecular complexity index is 703. The van der Waals surface area contributed by atoms with Crippen LogP contribution in [-0.2, 0) is 4.74 Å². The molecule has 4 nitrogen and oxygen atoms in total. The van der Waals surface area contributed by atoms with E-state index in [1.165, 1.54) is 7.11 Å². The van der Waals surface area contributed by atoms with Crippen molar-refractivity contribution >= 4 is 45.1 Å². The van der Waals surface area contributed by atoms with Crippen molar-refractivity contribution in [2.24, 2.45) is 0 Å². The number of ether oxygens (including phenoxy) is 1. The maximum Gasteiger partial charge on any atom is 0.339 e. The molecule has 0 atom stereocenters. The lowest BCUT2D eigenvalue weighted by Gasteiger charge is -2.10. The number of carbonyl (C=O) groups excluding carboxylic acids is 2. The molecule has 1 N–H and O–H groups in total. The molecule has 6 heteroatoms. The van der Waals surface area contributed by atoms with Crippen LogP contribution in [0, 0.1) is 0 Å². The predicted octanol–water partition coefficient (Wildman–Crippen LogP) is 4.14. The molecule has 1 amide bonds. The minimum atomic E-state index is -0.522. The molecule has 2 rings (SSSR count). The molecule has 0 unspecified atom stereocenters. The van der Waals surface area contributed by atoms with Gasteiger partial charge in [-0.3, -0.25) is 4.79 Å². The third kappa shape index (κ3) is 3.43. The number of anilines is 1. The summed E-state index contributed by atoms with van der Waals surface area (Å²) in [6.07, 6.45) is 0. The van der Waals surface area contributed by atoms with Crippen LogP contribution >= 0.6 is 27.5 Å². The van der Waals surface area contributed by atoms with Crippen molar-refractivity contribution in [1.29, 1.82) is 0 Å². The molecule has 0 fully saturated rings. The molecule has 2 aromatic carbocycles. The Labute approximate surface area is 135 Å². The van der Waals surface area contributed by atoms with E-state index in [0.29, 0.717) is 20.7 Å². The molecule has 0 aliphatic carbocycles.